The molecule has 1 aromatic heterocycles. The summed E-state index contributed by atoms with van der Waals surface area (Å²) in [6.45, 7) is 0. The average Bonchev–Trinajstić information content (AvgIpc) is 3.07. The van der Waals surface area contributed by atoms with Crippen LogP contribution in [0.15, 0.2) is 67.3 Å². The molecule has 6 heteroatoms. The maximum absolute atomic E-state index is 13.3. The van der Waals surface area contributed by atoms with Gasteiger partial charge in [-0.05, 0) is 12.1 Å². The van der Waals surface area contributed by atoms with E-state index in [1.807, 2.05) is 0 Å². The third kappa shape index (κ3) is 2.88. The summed E-state index contributed by atoms with van der Waals surface area (Å²) in [5, 5.41) is 0. The molecule has 0 N–H and O–H groups in total. The molecule has 0 aliphatic heterocycles. The topological polar surface area (TPSA) is 34.9 Å². The first kappa shape index (κ1) is 15.0. The normalized spacial score (nSPS) is 11.4. The van der Waals surface area contributed by atoms with Crippen molar-refractivity contribution in [3.63, 3.8) is 0 Å². The van der Waals surface area contributed by atoms with Crippen LogP contribution in [0.2, 0.25) is 0 Å². The Morgan fingerprint density at radius 3 is 2.35 bits per heavy atom. The van der Waals surface area contributed by atoms with Gasteiger partial charge >= 0.3 is 6.18 Å². The van der Waals surface area contributed by atoms with Gasteiger partial charge < -0.3 is 4.57 Å². The highest BCUT2D eigenvalue weighted by molar-refractivity contribution is 6.11. The molecule has 2 aromatic carbocycles. The Bertz CT molecular complexity index is 825. The summed E-state index contributed by atoms with van der Waals surface area (Å²) in [5.74, 6) is -0.472. The Hall–Kier alpha value is -2.89. The van der Waals surface area contributed by atoms with E-state index in [9.17, 15) is 18.0 Å². The molecule has 3 aromatic rings. The van der Waals surface area contributed by atoms with E-state index in [4.69, 9.17) is 0 Å². The standard InChI is InChI=1S/C17H11F3N2O/c18-17(19,20)14-8-4-7-13(15(14)22-10-9-21-11-22)16(23)12-5-2-1-3-6-12/h1-11H. The molecule has 0 aliphatic carbocycles. The highest BCUT2D eigenvalue weighted by atomic mass is 19.4. The largest absolute Gasteiger partial charge is 0.418 e. The second-order valence-corrected chi connectivity index (χ2v) is 4.86. The van der Waals surface area contributed by atoms with E-state index in [2.05, 4.69) is 4.98 Å². The molecule has 0 atom stereocenters. The number of imidazole rings is 1. The zero-order valence-electron chi connectivity index (χ0n) is 11.8. The Kier molecular flexibility index (Phi) is 3.73. The molecular weight excluding hydrogens is 305 g/mol. The third-order valence-corrected chi connectivity index (χ3v) is 3.38. The Morgan fingerprint density at radius 1 is 1.00 bits per heavy atom. The van der Waals surface area contributed by atoms with E-state index >= 15 is 0 Å². The van der Waals surface area contributed by atoms with Crippen LogP contribution in [0.25, 0.3) is 5.69 Å². The number of nitrogens with zero attached hydrogens (tertiary/aromatic N) is 2. The predicted octanol–water partition coefficient (Wildman–Crippen LogP) is 4.12. The number of rotatable bonds is 3. The monoisotopic (exact) mass is 316 g/mol. The molecule has 0 aliphatic rings. The van der Waals surface area contributed by atoms with Crippen LogP contribution in [0.5, 0.6) is 0 Å². The maximum Gasteiger partial charge on any atom is 0.418 e. The van der Waals surface area contributed by atoms with Gasteiger partial charge in [-0.1, -0.05) is 36.4 Å². The van der Waals surface area contributed by atoms with E-state index in [0.29, 0.717) is 5.56 Å². The molecule has 0 radical (unpaired) electrons. The summed E-state index contributed by atoms with van der Waals surface area (Å²) < 4.78 is 41.2. The highest BCUT2D eigenvalue weighted by Gasteiger charge is 2.35. The fourth-order valence-corrected chi connectivity index (χ4v) is 2.37. The number of benzene rings is 2. The number of halogens is 3. The molecule has 0 saturated carbocycles. The zero-order valence-corrected chi connectivity index (χ0v) is 11.8. The predicted molar refractivity (Wildman–Crippen MR) is 78.4 cm³/mol. The number of hydrogen-bond acceptors (Lipinski definition) is 2. The van der Waals surface area contributed by atoms with Gasteiger partial charge in [0.05, 0.1) is 17.6 Å². The van der Waals surface area contributed by atoms with Crippen molar-refractivity contribution in [3.8, 4) is 5.69 Å². The molecule has 0 fully saturated rings. The Balaban J connectivity index is 2.24. The maximum atomic E-state index is 13.3. The molecule has 0 amide bonds. The average molecular weight is 316 g/mol. The molecule has 23 heavy (non-hydrogen) atoms. The molecule has 0 bridgehead atoms. The number of carbonyl (C=O) groups excluding carboxylic acids is 1. The van der Waals surface area contributed by atoms with Gasteiger partial charge in [-0.2, -0.15) is 13.2 Å². The van der Waals surface area contributed by atoms with Crippen molar-refractivity contribution in [3.05, 3.63) is 83.9 Å². The van der Waals surface area contributed by atoms with Crippen LogP contribution in [0.3, 0.4) is 0 Å². The Morgan fingerprint density at radius 2 is 1.74 bits per heavy atom. The first-order valence-electron chi connectivity index (χ1n) is 6.77. The fourth-order valence-electron chi connectivity index (χ4n) is 2.37. The van der Waals surface area contributed by atoms with Crippen LogP contribution in [0.1, 0.15) is 21.5 Å². The van der Waals surface area contributed by atoms with Gasteiger partial charge in [0.25, 0.3) is 0 Å². The van der Waals surface area contributed by atoms with Gasteiger partial charge in [0.1, 0.15) is 0 Å². The lowest BCUT2D eigenvalue weighted by Crippen LogP contribution is -2.15. The second-order valence-electron chi connectivity index (χ2n) is 4.86. The van der Waals surface area contributed by atoms with Crippen LogP contribution in [0.4, 0.5) is 13.2 Å². The van der Waals surface area contributed by atoms with E-state index < -0.39 is 17.5 Å². The van der Waals surface area contributed by atoms with Crippen LogP contribution in [-0.4, -0.2) is 15.3 Å². The molecule has 0 saturated heterocycles. The summed E-state index contributed by atoms with van der Waals surface area (Å²) in [4.78, 5) is 16.4. The second kappa shape index (κ2) is 5.72. The minimum atomic E-state index is -4.58. The number of ketones is 1. The highest BCUT2D eigenvalue weighted by Crippen LogP contribution is 2.36. The lowest BCUT2D eigenvalue weighted by molar-refractivity contribution is -0.137. The fraction of sp³-hybridized carbons (Fsp3) is 0.0588. The SMILES string of the molecule is O=C(c1ccccc1)c1cccc(C(F)(F)F)c1-n1ccnc1. The summed E-state index contributed by atoms with van der Waals surface area (Å²) in [6, 6.07) is 11.8. The lowest BCUT2D eigenvalue weighted by atomic mass is 9.98. The quantitative estimate of drug-likeness (QED) is 0.681. The van der Waals surface area contributed by atoms with E-state index in [1.54, 1.807) is 30.3 Å². The van der Waals surface area contributed by atoms with Crippen molar-refractivity contribution < 1.29 is 18.0 Å². The number of alkyl halides is 3. The Labute approximate surface area is 130 Å². The molecule has 0 spiro atoms. The van der Waals surface area contributed by atoms with Crippen molar-refractivity contribution in [2.75, 3.05) is 0 Å². The van der Waals surface area contributed by atoms with Crippen LogP contribution in [0, 0.1) is 0 Å². The zero-order chi connectivity index (χ0) is 16.4. The molecule has 3 nitrogen and oxygen atoms in total. The minimum absolute atomic E-state index is 0.0241. The minimum Gasteiger partial charge on any atom is -0.305 e. The number of aromatic nitrogens is 2. The van der Waals surface area contributed by atoms with E-state index in [1.165, 1.54) is 35.4 Å². The van der Waals surface area contributed by atoms with E-state index in [-0.39, 0.29) is 11.3 Å². The van der Waals surface area contributed by atoms with Crippen LogP contribution in [-0.2, 0) is 6.18 Å². The van der Waals surface area contributed by atoms with Crippen molar-refractivity contribution in [2.24, 2.45) is 0 Å². The van der Waals surface area contributed by atoms with Crippen molar-refractivity contribution in [1.82, 2.24) is 9.55 Å². The molecule has 3 rings (SSSR count). The van der Waals surface area contributed by atoms with Gasteiger partial charge in [0.2, 0.25) is 0 Å². The lowest BCUT2D eigenvalue weighted by Gasteiger charge is -2.17. The van der Waals surface area contributed by atoms with Crippen molar-refractivity contribution >= 4 is 5.78 Å². The van der Waals surface area contributed by atoms with Gasteiger partial charge in [0.15, 0.2) is 5.78 Å². The number of para-hydroxylation sites is 1. The van der Waals surface area contributed by atoms with Gasteiger partial charge in [0, 0.05) is 23.5 Å². The van der Waals surface area contributed by atoms with Gasteiger partial charge in [-0.3, -0.25) is 4.79 Å². The van der Waals surface area contributed by atoms with Crippen LogP contribution < -0.4 is 0 Å². The molecular formula is C17H11F3N2O. The van der Waals surface area contributed by atoms with E-state index in [0.717, 1.165) is 6.07 Å². The van der Waals surface area contributed by atoms with Crippen LogP contribution >= 0.6 is 0 Å². The number of carbonyl (C=O) groups is 1. The summed E-state index contributed by atoms with van der Waals surface area (Å²) in [7, 11) is 0. The van der Waals surface area contributed by atoms with Gasteiger partial charge in [-0.15, -0.1) is 0 Å². The first-order valence-corrected chi connectivity index (χ1v) is 6.77. The van der Waals surface area contributed by atoms with Crippen molar-refractivity contribution in [2.45, 2.75) is 6.18 Å². The summed E-state index contributed by atoms with van der Waals surface area (Å²) in [5.41, 5.74) is -0.791. The molecule has 116 valence electrons. The smallest absolute Gasteiger partial charge is 0.305 e. The summed E-state index contributed by atoms with van der Waals surface area (Å²) in [6.07, 6.45) is -0.588. The molecule has 0 unspecified atom stereocenters. The van der Waals surface area contributed by atoms with Crippen molar-refractivity contribution in [1.29, 1.82) is 0 Å². The third-order valence-electron chi connectivity index (χ3n) is 3.38. The van der Waals surface area contributed by atoms with Gasteiger partial charge in [-0.25, -0.2) is 4.98 Å². The number of hydrogen-bond donors (Lipinski definition) is 0. The molecule has 1 heterocycles. The summed E-state index contributed by atoms with van der Waals surface area (Å²) >= 11 is 0. The first-order chi connectivity index (χ1) is 11.0.